The van der Waals surface area contributed by atoms with Gasteiger partial charge in [0.1, 0.15) is 11.5 Å². The van der Waals surface area contributed by atoms with Crippen LogP contribution in [0.2, 0.25) is 0 Å². The standard InChI is InChI=1S/C24H24N2O4/c1-2-29-22-11-7-6-10-21(22)26-23(27)17-30-20-14-12-19(13-15-20)24(28)25-16-18-8-4-3-5-9-18/h3-15H,2,16-17H2,1H3,(H,25,28)(H,26,27). The first kappa shape index (κ1) is 20.9. The second-order valence-corrected chi connectivity index (χ2v) is 6.46. The molecular weight excluding hydrogens is 380 g/mol. The largest absolute Gasteiger partial charge is 0.492 e. The van der Waals surface area contributed by atoms with E-state index in [9.17, 15) is 9.59 Å². The number of benzene rings is 3. The van der Waals surface area contributed by atoms with E-state index in [0.717, 1.165) is 5.56 Å². The summed E-state index contributed by atoms with van der Waals surface area (Å²) in [5, 5.41) is 5.65. The molecule has 2 N–H and O–H groups in total. The van der Waals surface area contributed by atoms with Gasteiger partial charge in [0, 0.05) is 12.1 Å². The minimum absolute atomic E-state index is 0.153. The first-order chi connectivity index (χ1) is 14.7. The highest BCUT2D eigenvalue weighted by Gasteiger charge is 2.09. The van der Waals surface area contributed by atoms with Crippen molar-refractivity contribution in [3.05, 3.63) is 90.0 Å². The number of rotatable bonds is 9. The van der Waals surface area contributed by atoms with Crippen LogP contribution in [0.1, 0.15) is 22.8 Å². The molecular formula is C24H24N2O4. The SMILES string of the molecule is CCOc1ccccc1NC(=O)COc1ccc(C(=O)NCc2ccccc2)cc1. The molecule has 3 rings (SSSR count). The molecule has 6 heteroatoms. The van der Waals surface area contributed by atoms with E-state index < -0.39 is 0 Å². The smallest absolute Gasteiger partial charge is 0.262 e. The molecule has 0 aromatic heterocycles. The van der Waals surface area contributed by atoms with Gasteiger partial charge in [-0.25, -0.2) is 0 Å². The fraction of sp³-hybridized carbons (Fsp3) is 0.167. The third-order valence-corrected chi connectivity index (χ3v) is 4.24. The second-order valence-electron chi connectivity index (χ2n) is 6.46. The van der Waals surface area contributed by atoms with E-state index in [0.29, 0.717) is 35.9 Å². The van der Waals surface area contributed by atoms with Gasteiger partial charge in [-0.2, -0.15) is 0 Å². The Bertz CT molecular complexity index is 972. The molecule has 0 aliphatic rings. The molecule has 3 aromatic rings. The number of amides is 2. The zero-order valence-electron chi connectivity index (χ0n) is 16.8. The number of hydrogen-bond acceptors (Lipinski definition) is 4. The first-order valence-electron chi connectivity index (χ1n) is 9.72. The van der Waals surface area contributed by atoms with Crippen molar-refractivity contribution in [3.63, 3.8) is 0 Å². The Labute approximate surface area is 175 Å². The van der Waals surface area contributed by atoms with E-state index in [1.165, 1.54) is 0 Å². The third kappa shape index (κ3) is 6.10. The molecule has 0 fully saturated rings. The van der Waals surface area contributed by atoms with Gasteiger partial charge in [-0.15, -0.1) is 0 Å². The summed E-state index contributed by atoms with van der Waals surface area (Å²) in [6.07, 6.45) is 0. The Kier molecular flexibility index (Phi) is 7.44. The number of para-hydroxylation sites is 2. The van der Waals surface area contributed by atoms with E-state index in [1.807, 2.05) is 49.4 Å². The van der Waals surface area contributed by atoms with E-state index >= 15 is 0 Å². The van der Waals surface area contributed by atoms with Gasteiger partial charge in [-0.1, -0.05) is 42.5 Å². The summed E-state index contributed by atoms with van der Waals surface area (Å²) < 4.78 is 11.0. The monoisotopic (exact) mass is 404 g/mol. The van der Waals surface area contributed by atoms with Crippen LogP contribution in [0.3, 0.4) is 0 Å². The van der Waals surface area contributed by atoms with Gasteiger partial charge in [0.2, 0.25) is 0 Å². The second kappa shape index (κ2) is 10.7. The molecule has 0 atom stereocenters. The molecule has 0 bridgehead atoms. The number of nitrogens with one attached hydrogen (secondary N) is 2. The van der Waals surface area contributed by atoms with Crippen LogP contribution < -0.4 is 20.1 Å². The van der Waals surface area contributed by atoms with Crippen LogP contribution in [-0.4, -0.2) is 25.0 Å². The maximum absolute atomic E-state index is 12.3. The summed E-state index contributed by atoms with van der Waals surface area (Å²) in [6, 6.07) is 23.6. The average molecular weight is 404 g/mol. The molecule has 0 aliphatic carbocycles. The van der Waals surface area contributed by atoms with Crippen LogP contribution in [0.4, 0.5) is 5.69 Å². The lowest BCUT2D eigenvalue weighted by Gasteiger charge is -2.12. The maximum atomic E-state index is 12.3. The molecule has 0 saturated carbocycles. The van der Waals surface area contributed by atoms with Crippen LogP contribution >= 0.6 is 0 Å². The van der Waals surface area contributed by atoms with Crippen LogP contribution in [0.25, 0.3) is 0 Å². The molecule has 6 nitrogen and oxygen atoms in total. The Balaban J connectivity index is 1.48. The molecule has 154 valence electrons. The third-order valence-electron chi connectivity index (χ3n) is 4.24. The van der Waals surface area contributed by atoms with Gasteiger partial charge in [0.15, 0.2) is 6.61 Å². The fourth-order valence-corrected chi connectivity index (χ4v) is 2.77. The van der Waals surface area contributed by atoms with Crippen molar-refractivity contribution < 1.29 is 19.1 Å². The van der Waals surface area contributed by atoms with E-state index in [-0.39, 0.29) is 18.4 Å². The van der Waals surface area contributed by atoms with Gasteiger partial charge >= 0.3 is 0 Å². The molecule has 2 amide bonds. The summed E-state index contributed by atoms with van der Waals surface area (Å²) in [4.78, 5) is 24.4. The van der Waals surface area contributed by atoms with Crippen LogP contribution in [0.15, 0.2) is 78.9 Å². The minimum atomic E-state index is -0.299. The van der Waals surface area contributed by atoms with Crippen LogP contribution in [0, 0.1) is 0 Å². The molecule has 0 unspecified atom stereocenters. The predicted octanol–water partition coefficient (Wildman–Crippen LogP) is 4.03. The number of hydrogen-bond donors (Lipinski definition) is 2. The van der Waals surface area contributed by atoms with Crippen molar-refractivity contribution >= 4 is 17.5 Å². The topological polar surface area (TPSA) is 76.7 Å². The first-order valence-corrected chi connectivity index (χ1v) is 9.72. The molecule has 3 aromatic carbocycles. The number of carbonyl (C=O) groups excluding carboxylic acids is 2. The zero-order chi connectivity index (χ0) is 21.2. The average Bonchev–Trinajstić information content (AvgIpc) is 2.78. The molecule has 30 heavy (non-hydrogen) atoms. The Morgan fingerprint density at radius 1 is 0.833 bits per heavy atom. The number of ether oxygens (including phenoxy) is 2. The van der Waals surface area contributed by atoms with Gasteiger partial charge in [-0.3, -0.25) is 9.59 Å². The highest BCUT2D eigenvalue weighted by molar-refractivity contribution is 5.94. The van der Waals surface area contributed by atoms with Crippen LogP contribution in [-0.2, 0) is 11.3 Å². The maximum Gasteiger partial charge on any atom is 0.262 e. The predicted molar refractivity (Wildman–Crippen MR) is 116 cm³/mol. The lowest BCUT2D eigenvalue weighted by Crippen LogP contribution is -2.23. The van der Waals surface area contributed by atoms with Gasteiger partial charge in [0.05, 0.1) is 12.3 Å². The summed E-state index contributed by atoms with van der Waals surface area (Å²) >= 11 is 0. The Morgan fingerprint density at radius 3 is 2.27 bits per heavy atom. The minimum Gasteiger partial charge on any atom is -0.492 e. The number of carbonyl (C=O) groups is 2. The van der Waals surface area contributed by atoms with Crippen molar-refractivity contribution in [2.45, 2.75) is 13.5 Å². The van der Waals surface area contributed by atoms with Crippen molar-refractivity contribution in [2.24, 2.45) is 0 Å². The summed E-state index contributed by atoms with van der Waals surface area (Å²) in [5.74, 6) is 0.643. The molecule has 0 saturated heterocycles. The molecule has 0 spiro atoms. The zero-order valence-corrected chi connectivity index (χ0v) is 16.8. The van der Waals surface area contributed by atoms with E-state index in [2.05, 4.69) is 10.6 Å². The molecule has 0 aliphatic heterocycles. The fourth-order valence-electron chi connectivity index (χ4n) is 2.77. The van der Waals surface area contributed by atoms with Crippen molar-refractivity contribution in [2.75, 3.05) is 18.5 Å². The Morgan fingerprint density at radius 2 is 1.53 bits per heavy atom. The van der Waals surface area contributed by atoms with Gasteiger partial charge < -0.3 is 20.1 Å². The van der Waals surface area contributed by atoms with E-state index in [1.54, 1.807) is 36.4 Å². The molecule has 0 radical (unpaired) electrons. The van der Waals surface area contributed by atoms with Crippen molar-refractivity contribution in [3.8, 4) is 11.5 Å². The number of anilines is 1. The molecule has 0 heterocycles. The lowest BCUT2D eigenvalue weighted by molar-refractivity contribution is -0.118. The van der Waals surface area contributed by atoms with Gasteiger partial charge in [-0.05, 0) is 48.9 Å². The summed E-state index contributed by atoms with van der Waals surface area (Å²) in [7, 11) is 0. The summed E-state index contributed by atoms with van der Waals surface area (Å²) in [6.45, 7) is 2.70. The van der Waals surface area contributed by atoms with Crippen LogP contribution in [0.5, 0.6) is 11.5 Å². The summed E-state index contributed by atoms with van der Waals surface area (Å²) in [5.41, 5.74) is 2.15. The quantitative estimate of drug-likeness (QED) is 0.565. The van der Waals surface area contributed by atoms with Crippen molar-refractivity contribution in [1.29, 1.82) is 0 Å². The Hall–Kier alpha value is -3.80. The van der Waals surface area contributed by atoms with Gasteiger partial charge in [0.25, 0.3) is 11.8 Å². The van der Waals surface area contributed by atoms with Crippen molar-refractivity contribution in [1.82, 2.24) is 5.32 Å². The normalized spacial score (nSPS) is 10.2. The highest BCUT2D eigenvalue weighted by atomic mass is 16.5. The lowest BCUT2D eigenvalue weighted by atomic mass is 10.2. The highest BCUT2D eigenvalue weighted by Crippen LogP contribution is 2.23. The van der Waals surface area contributed by atoms with E-state index in [4.69, 9.17) is 9.47 Å².